The Morgan fingerprint density at radius 2 is 1.87 bits per heavy atom. The van der Waals surface area contributed by atoms with Crippen LogP contribution in [0.25, 0.3) is 5.65 Å². The van der Waals surface area contributed by atoms with Crippen molar-refractivity contribution in [2.45, 2.75) is 32.8 Å². The van der Waals surface area contributed by atoms with Gasteiger partial charge in [-0.2, -0.15) is 0 Å². The molecule has 0 N–H and O–H groups in total. The number of Topliss-reactive ketones (excluding diaryl/α,β-unsaturated/α-hetero) is 1. The van der Waals surface area contributed by atoms with Crippen molar-refractivity contribution >= 4 is 17.4 Å². The molecule has 4 rings (SSSR count). The highest BCUT2D eigenvalue weighted by Gasteiger charge is 2.16. The number of rotatable bonds is 6. The van der Waals surface area contributed by atoms with Crippen LogP contribution in [0.4, 0.5) is 0 Å². The lowest BCUT2D eigenvalue weighted by molar-refractivity contribution is -0.145. The van der Waals surface area contributed by atoms with Crippen molar-refractivity contribution in [1.29, 1.82) is 0 Å². The van der Waals surface area contributed by atoms with Gasteiger partial charge in [0.1, 0.15) is 12.3 Å². The third-order valence-corrected chi connectivity index (χ3v) is 4.87. The van der Waals surface area contributed by atoms with Crippen molar-refractivity contribution in [3.05, 3.63) is 69.8 Å². The first-order chi connectivity index (χ1) is 15.0. The molecule has 0 unspecified atom stereocenters. The fourth-order valence-corrected chi connectivity index (χ4v) is 3.26. The molecular formula is C23H22N2O6. The number of carbonyl (C=O) groups excluding carboxylic acids is 2. The summed E-state index contributed by atoms with van der Waals surface area (Å²) in [4.78, 5) is 41.1. The summed E-state index contributed by atoms with van der Waals surface area (Å²) in [5, 5.41) is 0. The molecule has 0 saturated carbocycles. The summed E-state index contributed by atoms with van der Waals surface area (Å²) in [5.41, 5.74) is 1.99. The molecule has 3 aromatic rings. The van der Waals surface area contributed by atoms with Crippen LogP contribution in [-0.4, -0.2) is 34.4 Å². The summed E-state index contributed by atoms with van der Waals surface area (Å²) in [7, 11) is 0. The summed E-state index contributed by atoms with van der Waals surface area (Å²) >= 11 is 0. The van der Waals surface area contributed by atoms with Crippen LogP contribution in [0.1, 0.15) is 40.9 Å². The van der Waals surface area contributed by atoms with Crippen molar-refractivity contribution in [3.63, 3.8) is 0 Å². The molecule has 1 aliphatic heterocycles. The number of fused-ring (bicyclic) bond motifs is 2. The highest BCUT2D eigenvalue weighted by atomic mass is 16.5. The lowest BCUT2D eigenvalue weighted by Crippen LogP contribution is -2.17. The summed E-state index contributed by atoms with van der Waals surface area (Å²) in [6.45, 7) is 2.86. The number of hydrogen-bond acceptors (Lipinski definition) is 7. The van der Waals surface area contributed by atoms with E-state index in [0.29, 0.717) is 41.6 Å². The van der Waals surface area contributed by atoms with Gasteiger partial charge < -0.3 is 14.2 Å². The zero-order valence-corrected chi connectivity index (χ0v) is 17.1. The van der Waals surface area contributed by atoms with E-state index >= 15 is 0 Å². The van der Waals surface area contributed by atoms with Crippen molar-refractivity contribution < 1.29 is 23.8 Å². The summed E-state index contributed by atoms with van der Waals surface area (Å²) < 4.78 is 17.8. The Balaban J connectivity index is 1.33. The fourth-order valence-electron chi connectivity index (χ4n) is 3.26. The van der Waals surface area contributed by atoms with Crippen LogP contribution in [0.5, 0.6) is 11.5 Å². The van der Waals surface area contributed by atoms with E-state index in [1.165, 1.54) is 10.5 Å². The predicted octanol–water partition coefficient (Wildman–Crippen LogP) is 2.87. The van der Waals surface area contributed by atoms with Crippen LogP contribution in [0.3, 0.4) is 0 Å². The number of ether oxygens (including phenoxy) is 3. The molecule has 8 heteroatoms. The largest absolute Gasteiger partial charge is 0.490 e. The smallest absolute Gasteiger partial charge is 0.306 e. The molecule has 0 bridgehead atoms. The molecule has 0 spiro atoms. The Kier molecular flexibility index (Phi) is 5.97. The third-order valence-electron chi connectivity index (χ3n) is 4.87. The number of pyridine rings is 1. The Morgan fingerprint density at radius 3 is 2.71 bits per heavy atom. The number of carbonyl (C=O) groups is 2. The van der Waals surface area contributed by atoms with E-state index < -0.39 is 5.97 Å². The highest BCUT2D eigenvalue weighted by molar-refractivity contribution is 5.98. The number of aryl methyl sites for hydroxylation is 1. The van der Waals surface area contributed by atoms with Gasteiger partial charge >= 0.3 is 5.97 Å². The van der Waals surface area contributed by atoms with Crippen LogP contribution in [-0.2, 0) is 16.1 Å². The molecule has 3 heterocycles. The zero-order chi connectivity index (χ0) is 21.8. The SMILES string of the molecule is Cc1ccc2nc(COC(=O)CCC(=O)c3ccc4c(c3)OCCCO4)cc(=O)n2c1. The molecule has 0 fully saturated rings. The molecule has 0 amide bonds. The van der Waals surface area contributed by atoms with Crippen molar-refractivity contribution in [2.24, 2.45) is 0 Å². The Morgan fingerprint density at radius 1 is 1.06 bits per heavy atom. The minimum atomic E-state index is -0.534. The molecule has 0 saturated heterocycles. The number of esters is 1. The van der Waals surface area contributed by atoms with E-state index in [9.17, 15) is 14.4 Å². The second-order valence-corrected chi connectivity index (χ2v) is 7.32. The van der Waals surface area contributed by atoms with Crippen LogP contribution in [0.15, 0.2) is 47.4 Å². The van der Waals surface area contributed by atoms with Gasteiger partial charge in [0.05, 0.1) is 25.3 Å². The Labute approximate surface area is 178 Å². The van der Waals surface area contributed by atoms with Crippen molar-refractivity contribution in [1.82, 2.24) is 9.38 Å². The quantitative estimate of drug-likeness (QED) is 0.445. The summed E-state index contributed by atoms with van der Waals surface area (Å²) in [6.07, 6.45) is 2.41. The maximum Gasteiger partial charge on any atom is 0.306 e. The van der Waals surface area contributed by atoms with Gasteiger partial charge in [0, 0.05) is 30.7 Å². The third kappa shape index (κ3) is 4.91. The second-order valence-electron chi connectivity index (χ2n) is 7.32. The topological polar surface area (TPSA) is 96.2 Å². The van der Waals surface area contributed by atoms with Crippen molar-refractivity contribution in [3.8, 4) is 11.5 Å². The van der Waals surface area contributed by atoms with E-state index in [-0.39, 0.29) is 30.8 Å². The van der Waals surface area contributed by atoms with Gasteiger partial charge in [-0.1, -0.05) is 6.07 Å². The highest BCUT2D eigenvalue weighted by Crippen LogP contribution is 2.30. The molecule has 1 aliphatic rings. The minimum absolute atomic E-state index is 0.00552. The molecule has 0 aliphatic carbocycles. The minimum Gasteiger partial charge on any atom is -0.490 e. The molecule has 1 aromatic carbocycles. The molecular weight excluding hydrogens is 400 g/mol. The molecule has 31 heavy (non-hydrogen) atoms. The number of aromatic nitrogens is 2. The van der Waals surface area contributed by atoms with Crippen LogP contribution >= 0.6 is 0 Å². The van der Waals surface area contributed by atoms with Crippen molar-refractivity contribution in [2.75, 3.05) is 13.2 Å². The lowest BCUT2D eigenvalue weighted by Gasteiger charge is -2.09. The van der Waals surface area contributed by atoms with E-state index in [1.54, 1.807) is 30.5 Å². The summed E-state index contributed by atoms with van der Waals surface area (Å²) in [6, 6.07) is 9.93. The Hall–Kier alpha value is -3.68. The standard InChI is InChI=1S/C23H22N2O6/c1-15-3-7-21-24-17(12-22(27)25(21)13-15)14-31-23(28)8-5-18(26)16-4-6-19-20(11-16)30-10-2-9-29-19/h3-4,6-7,11-13H,2,5,8-10,14H2,1H3. The maximum absolute atomic E-state index is 12.5. The zero-order valence-electron chi connectivity index (χ0n) is 17.1. The monoisotopic (exact) mass is 422 g/mol. The predicted molar refractivity (Wildman–Crippen MR) is 112 cm³/mol. The van der Waals surface area contributed by atoms with Gasteiger partial charge in [0.25, 0.3) is 5.56 Å². The van der Waals surface area contributed by atoms with Crippen LogP contribution in [0.2, 0.25) is 0 Å². The average Bonchev–Trinajstić information content (AvgIpc) is 3.01. The first-order valence-corrected chi connectivity index (χ1v) is 10.1. The number of ketones is 1. The maximum atomic E-state index is 12.5. The normalized spacial score (nSPS) is 12.9. The van der Waals surface area contributed by atoms with Gasteiger partial charge in [-0.3, -0.25) is 18.8 Å². The van der Waals surface area contributed by atoms with Gasteiger partial charge in [-0.25, -0.2) is 4.98 Å². The average molecular weight is 422 g/mol. The van der Waals surface area contributed by atoms with Crippen LogP contribution < -0.4 is 15.0 Å². The number of hydrogen-bond donors (Lipinski definition) is 0. The molecule has 0 radical (unpaired) electrons. The number of nitrogens with zero attached hydrogens (tertiary/aromatic N) is 2. The first kappa shape index (κ1) is 20.6. The van der Waals surface area contributed by atoms with E-state index in [2.05, 4.69) is 4.98 Å². The van der Waals surface area contributed by atoms with E-state index in [4.69, 9.17) is 14.2 Å². The van der Waals surface area contributed by atoms with Gasteiger partial charge in [0.15, 0.2) is 17.3 Å². The van der Waals surface area contributed by atoms with E-state index in [0.717, 1.165) is 12.0 Å². The summed E-state index contributed by atoms with van der Waals surface area (Å²) in [5.74, 6) is 0.427. The fraction of sp³-hybridized carbons (Fsp3) is 0.304. The Bertz CT molecular complexity index is 1200. The number of benzene rings is 1. The van der Waals surface area contributed by atoms with Gasteiger partial charge in [0.2, 0.25) is 0 Å². The van der Waals surface area contributed by atoms with Crippen LogP contribution in [0, 0.1) is 6.92 Å². The second kappa shape index (κ2) is 8.99. The van der Waals surface area contributed by atoms with E-state index in [1.807, 2.05) is 13.0 Å². The molecule has 0 atom stereocenters. The molecule has 160 valence electrons. The first-order valence-electron chi connectivity index (χ1n) is 10.1. The van der Waals surface area contributed by atoms with Gasteiger partial charge in [-0.05, 0) is 36.8 Å². The van der Waals surface area contributed by atoms with Gasteiger partial charge in [-0.15, -0.1) is 0 Å². The molecule has 2 aromatic heterocycles. The molecule has 8 nitrogen and oxygen atoms in total. The lowest BCUT2D eigenvalue weighted by atomic mass is 10.1.